The first-order valence-corrected chi connectivity index (χ1v) is 7.34. The maximum Gasteiger partial charge on any atom is 0.260 e. The first kappa shape index (κ1) is 17.5. The van der Waals surface area contributed by atoms with Gasteiger partial charge >= 0.3 is 0 Å². The second kappa shape index (κ2) is 8.64. The van der Waals surface area contributed by atoms with E-state index >= 15 is 0 Å². The molecule has 0 radical (unpaired) electrons. The van der Waals surface area contributed by atoms with Crippen molar-refractivity contribution >= 4 is 5.91 Å². The average Bonchev–Trinajstić information content (AvgIpc) is 2.45. The smallest absolute Gasteiger partial charge is 0.260 e. The molecule has 0 saturated carbocycles. The molecule has 0 aliphatic carbocycles. The lowest BCUT2D eigenvalue weighted by atomic mass is 10.2. The van der Waals surface area contributed by atoms with Gasteiger partial charge in [0.25, 0.3) is 5.91 Å². The van der Waals surface area contributed by atoms with E-state index in [1.807, 2.05) is 50.2 Å². The van der Waals surface area contributed by atoms with Crippen LogP contribution in [0.4, 0.5) is 0 Å². The Hall–Kier alpha value is -1.59. The Labute approximate surface area is 127 Å². The Bertz CT molecular complexity index is 449. The highest BCUT2D eigenvalue weighted by atomic mass is 16.5. The summed E-state index contributed by atoms with van der Waals surface area (Å²) in [6.45, 7) is 5.99. The molecular weight excluding hydrogens is 266 g/mol. The highest BCUT2D eigenvalue weighted by molar-refractivity contribution is 5.78. The zero-order chi connectivity index (χ0) is 15.8. The molecule has 2 N–H and O–H groups in total. The third kappa shape index (κ3) is 5.36. The van der Waals surface area contributed by atoms with Gasteiger partial charge in [-0.3, -0.25) is 4.79 Å². The van der Waals surface area contributed by atoms with E-state index in [1.165, 1.54) is 0 Å². The zero-order valence-electron chi connectivity index (χ0n) is 13.5. The van der Waals surface area contributed by atoms with Crippen LogP contribution in [0.2, 0.25) is 0 Å². The minimum Gasteiger partial charge on any atom is -0.483 e. The molecule has 5 nitrogen and oxygen atoms in total. The fraction of sp³-hybridized carbons (Fsp3) is 0.562. The summed E-state index contributed by atoms with van der Waals surface area (Å²) in [5, 5.41) is 0. The van der Waals surface area contributed by atoms with Crippen molar-refractivity contribution in [3.8, 4) is 5.75 Å². The fourth-order valence-corrected chi connectivity index (χ4v) is 2.40. The highest BCUT2D eigenvalue weighted by Gasteiger charge is 2.19. The normalized spacial score (nSPS) is 12.3. The van der Waals surface area contributed by atoms with Gasteiger partial charge in [0.2, 0.25) is 0 Å². The predicted octanol–water partition coefficient (Wildman–Crippen LogP) is 1.32. The number of rotatable bonds is 8. The number of hydrogen-bond donors (Lipinski definition) is 1. The molecule has 0 spiro atoms. The number of ether oxygens (including phenoxy) is 1. The van der Waals surface area contributed by atoms with Crippen LogP contribution in [0.25, 0.3) is 0 Å². The standard InChI is InChI=1S/C16H27N3O2/c1-5-19(13(2)11-18(3)4)16(20)12-21-15-9-7-6-8-14(15)10-17/h6-9,13H,5,10-12,17H2,1-4H3. The molecule has 0 fully saturated rings. The molecule has 0 aliphatic rings. The summed E-state index contributed by atoms with van der Waals surface area (Å²) in [5.74, 6) is 0.684. The number of hydrogen-bond acceptors (Lipinski definition) is 4. The highest BCUT2D eigenvalue weighted by Crippen LogP contribution is 2.17. The Morgan fingerprint density at radius 1 is 1.33 bits per heavy atom. The topological polar surface area (TPSA) is 58.8 Å². The van der Waals surface area contributed by atoms with E-state index in [1.54, 1.807) is 0 Å². The first-order valence-electron chi connectivity index (χ1n) is 7.34. The number of benzene rings is 1. The SMILES string of the molecule is CCN(C(=O)COc1ccccc1CN)C(C)CN(C)C. The number of para-hydroxylation sites is 1. The number of nitrogens with zero attached hydrogens (tertiary/aromatic N) is 2. The molecule has 118 valence electrons. The van der Waals surface area contributed by atoms with Gasteiger partial charge in [0, 0.05) is 31.2 Å². The molecule has 1 aromatic rings. The van der Waals surface area contributed by atoms with E-state index in [-0.39, 0.29) is 18.6 Å². The van der Waals surface area contributed by atoms with Crippen LogP contribution >= 0.6 is 0 Å². The molecular formula is C16H27N3O2. The van der Waals surface area contributed by atoms with Gasteiger partial charge in [-0.1, -0.05) is 18.2 Å². The summed E-state index contributed by atoms with van der Waals surface area (Å²) in [4.78, 5) is 16.2. The van der Waals surface area contributed by atoms with E-state index in [0.29, 0.717) is 18.8 Å². The van der Waals surface area contributed by atoms with E-state index in [2.05, 4.69) is 11.8 Å². The van der Waals surface area contributed by atoms with E-state index in [9.17, 15) is 4.79 Å². The summed E-state index contributed by atoms with van der Waals surface area (Å²) in [7, 11) is 4.01. The molecule has 1 aromatic carbocycles. The molecule has 1 rings (SSSR count). The van der Waals surface area contributed by atoms with Crippen LogP contribution in [0.5, 0.6) is 5.75 Å². The summed E-state index contributed by atoms with van der Waals surface area (Å²) in [6.07, 6.45) is 0. The monoisotopic (exact) mass is 293 g/mol. The van der Waals surface area contributed by atoms with Crippen molar-refractivity contribution in [2.45, 2.75) is 26.4 Å². The van der Waals surface area contributed by atoms with Crippen molar-refractivity contribution in [3.05, 3.63) is 29.8 Å². The van der Waals surface area contributed by atoms with E-state index in [0.717, 1.165) is 12.1 Å². The Balaban J connectivity index is 2.62. The van der Waals surface area contributed by atoms with Crippen LogP contribution in [0.3, 0.4) is 0 Å². The molecule has 0 heterocycles. The van der Waals surface area contributed by atoms with E-state index in [4.69, 9.17) is 10.5 Å². The lowest BCUT2D eigenvalue weighted by molar-refractivity contribution is -0.135. The number of amides is 1. The van der Waals surface area contributed by atoms with Crippen molar-refractivity contribution < 1.29 is 9.53 Å². The van der Waals surface area contributed by atoms with Gasteiger partial charge in [0.05, 0.1) is 0 Å². The van der Waals surface area contributed by atoms with Crippen LogP contribution in [-0.2, 0) is 11.3 Å². The van der Waals surface area contributed by atoms with Gasteiger partial charge in [-0.15, -0.1) is 0 Å². The fourth-order valence-electron chi connectivity index (χ4n) is 2.40. The molecule has 5 heteroatoms. The number of likely N-dealkylation sites (N-methyl/N-ethyl adjacent to an activating group) is 2. The van der Waals surface area contributed by atoms with Crippen molar-refractivity contribution in [1.82, 2.24) is 9.80 Å². The molecule has 0 bridgehead atoms. The summed E-state index contributed by atoms with van der Waals surface area (Å²) >= 11 is 0. The van der Waals surface area contributed by atoms with Gasteiger partial charge < -0.3 is 20.3 Å². The number of carbonyl (C=O) groups is 1. The molecule has 21 heavy (non-hydrogen) atoms. The van der Waals surface area contributed by atoms with Crippen LogP contribution < -0.4 is 10.5 Å². The molecule has 1 amide bonds. The van der Waals surface area contributed by atoms with Crippen LogP contribution in [0.15, 0.2) is 24.3 Å². The molecule has 0 aliphatic heterocycles. The van der Waals surface area contributed by atoms with Gasteiger partial charge in [-0.25, -0.2) is 0 Å². The Morgan fingerprint density at radius 2 is 2.00 bits per heavy atom. The quantitative estimate of drug-likeness (QED) is 0.785. The van der Waals surface area contributed by atoms with Crippen LogP contribution in [-0.4, -0.2) is 55.5 Å². The predicted molar refractivity (Wildman–Crippen MR) is 85.2 cm³/mol. The van der Waals surface area contributed by atoms with Gasteiger partial charge in [-0.2, -0.15) is 0 Å². The minimum atomic E-state index is -0.00123. The molecule has 1 atom stereocenters. The third-order valence-electron chi connectivity index (χ3n) is 3.37. The maximum absolute atomic E-state index is 12.3. The van der Waals surface area contributed by atoms with Crippen LogP contribution in [0, 0.1) is 0 Å². The summed E-state index contributed by atoms with van der Waals surface area (Å²) in [5.41, 5.74) is 6.58. The molecule has 0 saturated heterocycles. The van der Waals surface area contributed by atoms with Crippen molar-refractivity contribution in [2.24, 2.45) is 5.73 Å². The minimum absolute atomic E-state index is 0.00123. The second-order valence-electron chi connectivity index (χ2n) is 5.39. The zero-order valence-corrected chi connectivity index (χ0v) is 13.5. The van der Waals surface area contributed by atoms with Gasteiger partial charge in [0.1, 0.15) is 5.75 Å². The van der Waals surface area contributed by atoms with Gasteiger partial charge in [0.15, 0.2) is 6.61 Å². The lowest BCUT2D eigenvalue weighted by Crippen LogP contribution is -2.45. The molecule has 1 unspecified atom stereocenters. The largest absolute Gasteiger partial charge is 0.483 e. The summed E-state index contributed by atoms with van der Waals surface area (Å²) < 4.78 is 5.64. The Kier molecular flexibility index (Phi) is 7.19. The second-order valence-corrected chi connectivity index (χ2v) is 5.39. The van der Waals surface area contributed by atoms with Gasteiger partial charge in [-0.05, 0) is 34.0 Å². The maximum atomic E-state index is 12.3. The van der Waals surface area contributed by atoms with Crippen molar-refractivity contribution in [2.75, 3.05) is 33.8 Å². The number of nitrogens with two attached hydrogens (primary N) is 1. The van der Waals surface area contributed by atoms with Crippen LogP contribution in [0.1, 0.15) is 19.4 Å². The first-order chi connectivity index (χ1) is 9.99. The average molecular weight is 293 g/mol. The lowest BCUT2D eigenvalue weighted by Gasteiger charge is -2.30. The molecule has 0 aromatic heterocycles. The third-order valence-corrected chi connectivity index (χ3v) is 3.37. The Morgan fingerprint density at radius 3 is 2.57 bits per heavy atom. The summed E-state index contributed by atoms with van der Waals surface area (Å²) in [6, 6.07) is 7.70. The number of carbonyl (C=O) groups excluding carboxylic acids is 1. The van der Waals surface area contributed by atoms with Crippen molar-refractivity contribution in [1.29, 1.82) is 0 Å². The van der Waals surface area contributed by atoms with Crippen molar-refractivity contribution in [3.63, 3.8) is 0 Å². The van der Waals surface area contributed by atoms with E-state index < -0.39 is 0 Å².